The maximum Gasteiger partial charge on any atom is 0.291 e. The van der Waals surface area contributed by atoms with E-state index < -0.39 is 10.8 Å². The Labute approximate surface area is 206 Å². The largest absolute Gasteiger partial charge is 0.451 e. The Morgan fingerprint density at radius 2 is 1.81 bits per heavy atom. The summed E-state index contributed by atoms with van der Waals surface area (Å²) in [5, 5.41) is 13.9. The van der Waals surface area contributed by atoms with Crippen molar-refractivity contribution in [2.75, 3.05) is 5.32 Å². The second-order valence-electron chi connectivity index (χ2n) is 8.56. The highest BCUT2D eigenvalue weighted by atomic mass is 16.6. The first kappa shape index (κ1) is 23.0. The van der Waals surface area contributed by atoms with Crippen LogP contribution in [0, 0.1) is 10.1 Å². The minimum Gasteiger partial charge on any atom is -0.451 e. The lowest BCUT2D eigenvalue weighted by molar-refractivity contribution is -0.384. The van der Waals surface area contributed by atoms with Gasteiger partial charge in [0, 0.05) is 28.9 Å². The van der Waals surface area contributed by atoms with Gasteiger partial charge in [-0.1, -0.05) is 38.1 Å². The number of carbonyl (C=O) groups is 1. The fourth-order valence-corrected chi connectivity index (χ4v) is 3.92. The molecule has 0 spiro atoms. The molecular formula is C28H23N3O5. The number of rotatable bonds is 7. The molecule has 5 aromatic rings. The molecule has 3 aromatic carbocycles. The molecule has 36 heavy (non-hydrogen) atoms. The van der Waals surface area contributed by atoms with E-state index in [2.05, 4.69) is 36.3 Å². The third-order valence-electron chi connectivity index (χ3n) is 6.13. The molecule has 1 amide bonds. The van der Waals surface area contributed by atoms with Crippen LogP contribution < -0.4 is 5.32 Å². The molecule has 2 aromatic heterocycles. The average molecular weight is 482 g/mol. The lowest BCUT2D eigenvalue weighted by atomic mass is 9.98. The standard InChI is InChI=1S/C28H23N3O5/c1-3-17(2)18-10-11-25-23(16-18)30-28(36-25)20-7-4-8-21(14-20)29-27(32)26-13-12-24(35-26)19-6-5-9-22(15-19)31(33)34/h4-17H,3H2,1-2H3,(H,29,32)/t17-/m1/s1. The van der Waals surface area contributed by atoms with Crippen molar-refractivity contribution in [1.82, 2.24) is 4.98 Å². The third-order valence-corrected chi connectivity index (χ3v) is 6.13. The van der Waals surface area contributed by atoms with E-state index in [1.807, 2.05) is 12.1 Å². The molecule has 0 fully saturated rings. The topological polar surface area (TPSA) is 111 Å². The van der Waals surface area contributed by atoms with Gasteiger partial charge >= 0.3 is 0 Å². The monoisotopic (exact) mass is 481 g/mol. The number of aromatic nitrogens is 1. The van der Waals surface area contributed by atoms with Gasteiger partial charge in [-0.25, -0.2) is 4.98 Å². The van der Waals surface area contributed by atoms with Crippen molar-refractivity contribution in [1.29, 1.82) is 0 Å². The summed E-state index contributed by atoms with van der Waals surface area (Å²) in [6.45, 7) is 4.33. The van der Waals surface area contributed by atoms with E-state index in [4.69, 9.17) is 8.83 Å². The fraction of sp³-hybridized carbons (Fsp3) is 0.143. The summed E-state index contributed by atoms with van der Waals surface area (Å²) in [6.07, 6.45) is 1.04. The Morgan fingerprint density at radius 3 is 2.61 bits per heavy atom. The van der Waals surface area contributed by atoms with Crippen LogP contribution in [0.1, 0.15) is 42.3 Å². The van der Waals surface area contributed by atoms with Crippen LogP contribution >= 0.6 is 0 Å². The molecule has 5 rings (SSSR count). The Hall–Kier alpha value is -4.72. The summed E-state index contributed by atoms with van der Waals surface area (Å²) in [4.78, 5) is 28.0. The second-order valence-corrected chi connectivity index (χ2v) is 8.56. The van der Waals surface area contributed by atoms with Gasteiger partial charge in [-0.15, -0.1) is 0 Å². The number of nitrogens with one attached hydrogen (secondary N) is 1. The van der Waals surface area contributed by atoms with Gasteiger partial charge in [0.1, 0.15) is 11.3 Å². The lowest BCUT2D eigenvalue weighted by Crippen LogP contribution is -2.10. The highest BCUT2D eigenvalue weighted by Gasteiger charge is 2.16. The summed E-state index contributed by atoms with van der Waals surface area (Å²) in [7, 11) is 0. The molecule has 0 aliphatic rings. The minimum absolute atomic E-state index is 0.0537. The van der Waals surface area contributed by atoms with Gasteiger partial charge in [-0.05, 0) is 60.4 Å². The highest BCUT2D eigenvalue weighted by molar-refractivity contribution is 6.02. The molecule has 8 nitrogen and oxygen atoms in total. The number of carbonyl (C=O) groups excluding carboxylic acids is 1. The summed E-state index contributed by atoms with van der Waals surface area (Å²) >= 11 is 0. The van der Waals surface area contributed by atoms with Crippen LogP contribution in [0.15, 0.2) is 87.7 Å². The Balaban J connectivity index is 1.35. The first-order valence-corrected chi connectivity index (χ1v) is 11.6. The van der Waals surface area contributed by atoms with Gasteiger partial charge in [-0.2, -0.15) is 0 Å². The number of non-ortho nitro benzene ring substituents is 1. The van der Waals surface area contributed by atoms with E-state index >= 15 is 0 Å². The third kappa shape index (κ3) is 4.61. The zero-order chi connectivity index (χ0) is 25.2. The Kier molecular flexibility index (Phi) is 6.08. The summed E-state index contributed by atoms with van der Waals surface area (Å²) in [5.74, 6) is 0.905. The first-order chi connectivity index (χ1) is 17.4. The number of nitro groups is 1. The Morgan fingerprint density at radius 1 is 1.00 bits per heavy atom. The van der Waals surface area contributed by atoms with Crippen molar-refractivity contribution in [2.24, 2.45) is 0 Å². The zero-order valence-electron chi connectivity index (χ0n) is 19.7. The number of benzene rings is 3. The van der Waals surface area contributed by atoms with E-state index in [-0.39, 0.29) is 11.4 Å². The molecule has 0 saturated heterocycles. The van der Waals surface area contributed by atoms with Gasteiger partial charge < -0.3 is 14.2 Å². The van der Waals surface area contributed by atoms with Crippen LogP contribution in [0.25, 0.3) is 33.9 Å². The molecule has 0 unspecified atom stereocenters. The number of oxazole rings is 1. The van der Waals surface area contributed by atoms with Crippen molar-refractivity contribution in [2.45, 2.75) is 26.2 Å². The SMILES string of the molecule is CC[C@@H](C)c1ccc2oc(-c3cccc(NC(=O)c4ccc(-c5cccc([N+](=O)[O-])c5)o4)c3)nc2c1. The van der Waals surface area contributed by atoms with E-state index in [1.54, 1.807) is 36.4 Å². The first-order valence-electron chi connectivity index (χ1n) is 11.6. The number of nitrogens with zero attached hydrogens (tertiary/aromatic N) is 2. The maximum atomic E-state index is 12.8. The molecule has 0 radical (unpaired) electrons. The van der Waals surface area contributed by atoms with Crippen LogP contribution in [0.3, 0.4) is 0 Å². The van der Waals surface area contributed by atoms with Crippen LogP contribution in [-0.2, 0) is 0 Å². The molecule has 180 valence electrons. The molecule has 0 aliphatic heterocycles. The second kappa shape index (κ2) is 9.50. The summed E-state index contributed by atoms with van der Waals surface area (Å²) in [6, 6.07) is 22.5. The number of fused-ring (bicyclic) bond motifs is 1. The van der Waals surface area contributed by atoms with E-state index in [0.717, 1.165) is 17.5 Å². The highest BCUT2D eigenvalue weighted by Crippen LogP contribution is 2.30. The average Bonchev–Trinajstić information content (AvgIpc) is 3.56. The molecule has 1 atom stereocenters. The smallest absolute Gasteiger partial charge is 0.291 e. The number of anilines is 1. The molecule has 0 aliphatic carbocycles. The summed E-state index contributed by atoms with van der Waals surface area (Å²) in [5.41, 5.74) is 4.45. The van der Waals surface area contributed by atoms with Crippen molar-refractivity contribution in [3.63, 3.8) is 0 Å². The predicted octanol–water partition coefficient (Wildman–Crippen LogP) is 7.43. The number of hydrogen-bond donors (Lipinski definition) is 1. The quantitative estimate of drug-likeness (QED) is 0.191. The van der Waals surface area contributed by atoms with Gasteiger partial charge in [0.25, 0.3) is 11.6 Å². The number of nitro benzene ring substituents is 1. The van der Waals surface area contributed by atoms with E-state index in [0.29, 0.717) is 34.4 Å². The van der Waals surface area contributed by atoms with Gasteiger partial charge in [0.2, 0.25) is 5.89 Å². The van der Waals surface area contributed by atoms with Crippen LogP contribution in [0.5, 0.6) is 0 Å². The normalized spacial score (nSPS) is 11.9. The molecule has 8 heteroatoms. The van der Waals surface area contributed by atoms with Gasteiger partial charge in [0.15, 0.2) is 11.3 Å². The predicted molar refractivity (Wildman–Crippen MR) is 137 cm³/mol. The molecule has 0 saturated carbocycles. The Bertz CT molecular complexity index is 1580. The molecule has 0 bridgehead atoms. The van der Waals surface area contributed by atoms with Crippen molar-refractivity contribution >= 4 is 28.4 Å². The zero-order valence-corrected chi connectivity index (χ0v) is 19.7. The van der Waals surface area contributed by atoms with Gasteiger partial charge in [0.05, 0.1) is 4.92 Å². The molecule has 2 heterocycles. The minimum atomic E-state index is -0.478. The maximum absolute atomic E-state index is 12.8. The van der Waals surface area contributed by atoms with Crippen molar-refractivity contribution in [3.8, 4) is 22.8 Å². The number of amides is 1. The number of furan rings is 1. The number of hydrogen-bond acceptors (Lipinski definition) is 6. The van der Waals surface area contributed by atoms with E-state index in [1.165, 1.54) is 23.8 Å². The lowest BCUT2D eigenvalue weighted by Gasteiger charge is -2.07. The van der Waals surface area contributed by atoms with Crippen LogP contribution in [0.4, 0.5) is 11.4 Å². The fourth-order valence-electron chi connectivity index (χ4n) is 3.92. The van der Waals surface area contributed by atoms with Crippen LogP contribution in [0.2, 0.25) is 0 Å². The van der Waals surface area contributed by atoms with Crippen molar-refractivity contribution in [3.05, 3.63) is 100 Å². The summed E-state index contributed by atoms with van der Waals surface area (Å²) < 4.78 is 11.6. The van der Waals surface area contributed by atoms with E-state index in [9.17, 15) is 14.9 Å². The van der Waals surface area contributed by atoms with Crippen molar-refractivity contribution < 1.29 is 18.6 Å². The molecular weight excluding hydrogens is 458 g/mol. The molecule has 1 N–H and O–H groups in total. The van der Waals surface area contributed by atoms with Gasteiger partial charge in [-0.3, -0.25) is 14.9 Å². The van der Waals surface area contributed by atoms with Crippen LogP contribution in [-0.4, -0.2) is 15.8 Å².